The van der Waals surface area contributed by atoms with E-state index in [1.807, 2.05) is 36.4 Å². The zero-order valence-corrected chi connectivity index (χ0v) is 22.2. The van der Waals surface area contributed by atoms with Gasteiger partial charge in [-0.25, -0.2) is 4.79 Å². The molecule has 0 radical (unpaired) electrons. The van der Waals surface area contributed by atoms with Gasteiger partial charge in [0.25, 0.3) is 0 Å². The normalized spacial score (nSPS) is 12.7. The SMILES string of the molecule is C[C@H](/C=C/C(=O)Nc1ccccc1N)[C@@H](OC(=O)Nc1cccc2ccccc12)c1cc(I)ccc1O. The molecule has 0 aromatic heterocycles. The van der Waals surface area contributed by atoms with Crippen molar-refractivity contribution in [1.29, 1.82) is 0 Å². The van der Waals surface area contributed by atoms with Crippen LogP contribution in [-0.4, -0.2) is 17.1 Å². The Morgan fingerprint density at radius 3 is 2.46 bits per heavy atom. The first-order valence-electron chi connectivity index (χ1n) is 11.6. The second-order valence-corrected chi connectivity index (χ2v) is 9.72. The van der Waals surface area contributed by atoms with Crippen LogP contribution in [0.1, 0.15) is 18.6 Å². The van der Waals surface area contributed by atoms with Gasteiger partial charge in [0, 0.05) is 20.4 Å². The molecular weight excluding hydrogens is 581 g/mol. The van der Waals surface area contributed by atoms with E-state index >= 15 is 0 Å². The number of benzene rings is 4. The molecule has 8 heteroatoms. The van der Waals surface area contributed by atoms with Gasteiger partial charge in [0.2, 0.25) is 5.91 Å². The highest BCUT2D eigenvalue weighted by molar-refractivity contribution is 14.1. The number of rotatable bonds is 7. The number of hydrogen-bond acceptors (Lipinski definition) is 5. The van der Waals surface area contributed by atoms with E-state index in [-0.39, 0.29) is 11.7 Å². The zero-order chi connectivity index (χ0) is 26.4. The van der Waals surface area contributed by atoms with Crippen LogP contribution in [0.25, 0.3) is 10.8 Å². The van der Waals surface area contributed by atoms with Gasteiger partial charge in [0.05, 0.1) is 17.1 Å². The number of carbonyl (C=O) groups excluding carboxylic acids is 2. The fourth-order valence-electron chi connectivity index (χ4n) is 3.92. The number of amides is 2. The molecule has 0 heterocycles. The first kappa shape index (κ1) is 26.0. The molecule has 37 heavy (non-hydrogen) atoms. The number of anilines is 3. The molecule has 0 unspecified atom stereocenters. The van der Waals surface area contributed by atoms with E-state index in [0.29, 0.717) is 22.6 Å². The first-order valence-corrected chi connectivity index (χ1v) is 12.7. The number of ether oxygens (including phenoxy) is 1. The number of nitrogens with one attached hydrogen (secondary N) is 2. The molecule has 188 valence electrons. The van der Waals surface area contributed by atoms with Crippen molar-refractivity contribution in [3.8, 4) is 5.75 Å². The summed E-state index contributed by atoms with van der Waals surface area (Å²) >= 11 is 2.13. The van der Waals surface area contributed by atoms with Crippen LogP contribution in [-0.2, 0) is 9.53 Å². The molecule has 2 amide bonds. The number of fused-ring (bicyclic) bond motifs is 1. The minimum atomic E-state index is -0.865. The Balaban J connectivity index is 1.55. The molecule has 0 aliphatic rings. The van der Waals surface area contributed by atoms with Gasteiger partial charge >= 0.3 is 6.09 Å². The molecule has 0 bridgehead atoms. The second kappa shape index (κ2) is 11.8. The van der Waals surface area contributed by atoms with Crippen LogP contribution in [0.2, 0.25) is 0 Å². The Bertz CT molecular complexity index is 1470. The van der Waals surface area contributed by atoms with Crippen molar-refractivity contribution < 1.29 is 19.4 Å². The van der Waals surface area contributed by atoms with Crippen molar-refractivity contribution in [2.45, 2.75) is 13.0 Å². The van der Waals surface area contributed by atoms with Crippen molar-refractivity contribution in [1.82, 2.24) is 0 Å². The molecule has 2 atom stereocenters. The average molecular weight is 607 g/mol. The summed E-state index contributed by atoms with van der Waals surface area (Å²) in [5.41, 5.74) is 7.90. The van der Waals surface area contributed by atoms with Crippen LogP contribution in [0.15, 0.2) is 97.1 Å². The highest BCUT2D eigenvalue weighted by Crippen LogP contribution is 2.35. The Morgan fingerprint density at radius 2 is 1.65 bits per heavy atom. The van der Waals surface area contributed by atoms with Crippen LogP contribution >= 0.6 is 22.6 Å². The molecule has 0 spiro atoms. The van der Waals surface area contributed by atoms with Gasteiger partial charge in [-0.1, -0.05) is 61.5 Å². The van der Waals surface area contributed by atoms with E-state index in [2.05, 4.69) is 33.2 Å². The van der Waals surface area contributed by atoms with Crippen LogP contribution in [0.3, 0.4) is 0 Å². The molecular formula is C29H26IN3O4. The van der Waals surface area contributed by atoms with E-state index in [4.69, 9.17) is 10.5 Å². The highest BCUT2D eigenvalue weighted by atomic mass is 127. The smallest absolute Gasteiger partial charge is 0.412 e. The van der Waals surface area contributed by atoms with Gasteiger partial charge in [-0.05, 0) is 70.5 Å². The summed E-state index contributed by atoms with van der Waals surface area (Å²) in [4.78, 5) is 25.5. The lowest BCUT2D eigenvalue weighted by Crippen LogP contribution is -2.22. The summed E-state index contributed by atoms with van der Waals surface area (Å²) in [7, 11) is 0. The number of nitrogens with two attached hydrogens (primary N) is 1. The topological polar surface area (TPSA) is 114 Å². The third kappa shape index (κ3) is 6.59. The number of aromatic hydroxyl groups is 1. The molecule has 7 nitrogen and oxygen atoms in total. The third-order valence-electron chi connectivity index (χ3n) is 5.80. The molecule has 4 aromatic carbocycles. The van der Waals surface area contributed by atoms with Crippen LogP contribution in [0, 0.1) is 9.49 Å². The van der Waals surface area contributed by atoms with E-state index in [0.717, 1.165) is 14.3 Å². The van der Waals surface area contributed by atoms with E-state index < -0.39 is 18.1 Å². The molecule has 4 aromatic rings. The summed E-state index contributed by atoms with van der Waals surface area (Å²) in [6.45, 7) is 1.80. The van der Waals surface area contributed by atoms with Crippen LogP contribution in [0.4, 0.5) is 21.9 Å². The zero-order valence-electron chi connectivity index (χ0n) is 20.0. The Kier molecular flexibility index (Phi) is 8.29. The van der Waals surface area contributed by atoms with Crippen LogP contribution < -0.4 is 16.4 Å². The second-order valence-electron chi connectivity index (χ2n) is 8.48. The fourth-order valence-corrected chi connectivity index (χ4v) is 4.44. The van der Waals surface area contributed by atoms with E-state index in [1.54, 1.807) is 61.5 Å². The summed E-state index contributed by atoms with van der Waals surface area (Å²) in [5, 5.41) is 18.0. The lowest BCUT2D eigenvalue weighted by atomic mass is 9.96. The molecule has 4 rings (SSSR count). The van der Waals surface area contributed by atoms with Crippen LogP contribution in [0.5, 0.6) is 5.75 Å². The van der Waals surface area contributed by atoms with Gasteiger partial charge in [0.1, 0.15) is 11.9 Å². The molecule has 0 aliphatic carbocycles. The minimum Gasteiger partial charge on any atom is -0.508 e. The standard InChI is InChI=1S/C29H26IN3O4/c1-18(13-16-27(35)32-25-11-5-4-10-23(25)31)28(22-17-20(30)14-15-26(22)34)37-29(36)33-24-12-6-8-19-7-2-3-9-21(19)24/h2-18,28,34H,31H2,1H3,(H,32,35)(H,33,36)/b16-13+/t18-,28-/m1/s1. The van der Waals surface area contributed by atoms with E-state index in [1.165, 1.54) is 6.08 Å². The van der Waals surface area contributed by atoms with Gasteiger partial charge < -0.3 is 20.9 Å². The number of halogens is 1. The summed E-state index contributed by atoms with van der Waals surface area (Å²) in [6, 6.07) is 25.3. The monoisotopic (exact) mass is 607 g/mol. The number of hydrogen-bond donors (Lipinski definition) is 4. The lowest BCUT2D eigenvalue weighted by Gasteiger charge is -2.24. The number of phenols is 1. The predicted octanol–water partition coefficient (Wildman–Crippen LogP) is 6.85. The Hall–Kier alpha value is -4.05. The maximum Gasteiger partial charge on any atom is 0.412 e. The summed E-state index contributed by atoms with van der Waals surface area (Å²) in [6.07, 6.45) is 1.45. The highest BCUT2D eigenvalue weighted by Gasteiger charge is 2.26. The maximum absolute atomic E-state index is 13.0. The number of nitrogen functional groups attached to an aromatic ring is 1. The lowest BCUT2D eigenvalue weighted by molar-refractivity contribution is -0.111. The van der Waals surface area contributed by atoms with Gasteiger partial charge in [-0.3, -0.25) is 10.1 Å². The summed E-state index contributed by atoms with van der Waals surface area (Å²) < 4.78 is 6.70. The van der Waals surface area contributed by atoms with E-state index in [9.17, 15) is 14.7 Å². The van der Waals surface area contributed by atoms with Gasteiger partial charge in [-0.15, -0.1) is 0 Å². The number of phenolic OH excluding ortho intramolecular Hbond substituents is 1. The number of carbonyl (C=O) groups is 2. The molecule has 0 saturated carbocycles. The van der Waals surface area contributed by atoms with Gasteiger partial charge in [0.15, 0.2) is 0 Å². The third-order valence-corrected chi connectivity index (χ3v) is 6.47. The Morgan fingerprint density at radius 1 is 0.946 bits per heavy atom. The fraction of sp³-hybridized carbons (Fsp3) is 0.103. The average Bonchev–Trinajstić information content (AvgIpc) is 2.89. The number of para-hydroxylation sites is 2. The van der Waals surface area contributed by atoms with Crippen molar-refractivity contribution in [2.75, 3.05) is 16.4 Å². The quantitative estimate of drug-likeness (QED) is 0.104. The molecule has 0 fully saturated rings. The first-order chi connectivity index (χ1) is 17.8. The molecule has 5 N–H and O–H groups in total. The van der Waals surface area contributed by atoms with Crippen molar-refractivity contribution in [2.24, 2.45) is 5.92 Å². The largest absolute Gasteiger partial charge is 0.508 e. The molecule has 0 aliphatic heterocycles. The molecule has 0 saturated heterocycles. The summed E-state index contributed by atoms with van der Waals surface area (Å²) in [5.74, 6) is -0.845. The maximum atomic E-state index is 13.0. The Labute approximate surface area is 228 Å². The van der Waals surface area contributed by atoms with Crippen molar-refractivity contribution >= 4 is 62.4 Å². The van der Waals surface area contributed by atoms with Gasteiger partial charge in [-0.2, -0.15) is 0 Å². The minimum absolute atomic E-state index is 0.00913. The predicted molar refractivity (Wildman–Crippen MR) is 155 cm³/mol. The van der Waals surface area contributed by atoms with Crippen molar-refractivity contribution in [3.63, 3.8) is 0 Å². The van der Waals surface area contributed by atoms with Crippen molar-refractivity contribution in [3.05, 3.63) is 106 Å².